The molecule has 1 heterocycles. The van der Waals surface area contributed by atoms with Gasteiger partial charge in [0.05, 0.1) is 5.71 Å². The fraction of sp³-hybridized carbons (Fsp3) is 0.176. The van der Waals surface area contributed by atoms with Gasteiger partial charge in [0.25, 0.3) is 5.91 Å². The third-order valence-corrected chi connectivity index (χ3v) is 4.18. The number of rotatable bonds is 4. The number of thioether (sulfide) groups is 1. The van der Waals surface area contributed by atoms with Crippen molar-refractivity contribution in [3.63, 3.8) is 0 Å². The molecule has 0 radical (unpaired) electrons. The first kappa shape index (κ1) is 15.6. The number of halogens is 1. The molecule has 4 nitrogen and oxygen atoms in total. The highest BCUT2D eigenvalue weighted by atomic mass is 32.2. The minimum atomic E-state index is -0.703. The van der Waals surface area contributed by atoms with E-state index in [1.807, 2.05) is 30.5 Å². The Morgan fingerprint density at radius 1 is 1.30 bits per heavy atom. The monoisotopic (exact) mass is 330 g/mol. The van der Waals surface area contributed by atoms with Gasteiger partial charge in [-0.2, -0.15) is 0 Å². The maximum atomic E-state index is 13.3. The average Bonchev–Trinajstić information content (AvgIpc) is 3.05. The van der Waals surface area contributed by atoms with Gasteiger partial charge >= 0.3 is 0 Å². The largest absolute Gasteiger partial charge is 0.382 e. The Bertz CT molecular complexity index is 764. The molecule has 1 unspecified atom stereocenters. The van der Waals surface area contributed by atoms with Gasteiger partial charge in [-0.25, -0.2) is 4.39 Å². The molecule has 1 amide bonds. The van der Waals surface area contributed by atoms with Crippen molar-refractivity contribution in [2.75, 3.05) is 11.6 Å². The lowest BCUT2D eigenvalue weighted by molar-refractivity contribution is -0.125. The zero-order chi connectivity index (χ0) is 16.2. The van der Waals surface area contributed by atoms with E-state index in [4.69, 9.17) is 4.84 Å². The van der Waals surface area contributed by atoms with Gasteiger partial charge in [-0.3, -0.25) is 4.79 Å². The van der Waals surface area contributed by atoms with Crippen LogP contribution in [0.1, 0.15) is 12.0 Å². The molecule has 0 saturated heterocycles. The molecule has 2 aromatic rings. The number of benzene rings is 2. The summed E-state index contributed by atoms with van der Waals surface area (Å²) in [7, 11) is 0. The second kappa shape index (κ2) is 6.83. The smallest absolute Gasteiger partial charge is 0.268 e. The molecule has 1 aliphatic heterocycles. The van der Waals surface area contributed by atoms with Crippen LogP contribution < -0.4 is 5.32 Å². The second-order valence-corrected chi connectivity index (χ2v) is 5.95. The third kappa shape index (κ3) is 3.71. The Morgan fingerprint density at radius 2 is 2.13 bits per heavy atom. The van der Waals surface area contributed by atoms with Crippen molar-refractivity contribution in [1.82, 2.24) is 0 Å². The first-order chi connectivity index (χ1) is 11.2. The number of amides is 1. The Hall–Kier alpha value is -2.34. The molecule has 1 aliphatic rings. The summed E-state index contributed by atoms with van der Waals surface area (Å²) in [6.45, 7) is 0. The van der Waals surface area contributed by atoms with Crippen molar-refractivity contribution >= 4 is 29.1 Å². The van der Waals surface area contributed by atoms with Crippen LogP contribution in [-0.2, 0) is 9.63 Å². The molecule has 1 N–H and O–H groups in total. The van der Waals surface area contributed by atoms with Crippen molar-refractivity contribution in [1.29, 1.82) is 0 Å². The number of hydrogen-bond donors (Lipinski definition) is 1. The second-order valence-electron chi connectivity index (χ2n) is 5.07. The van der Waals surface area contributed by atoms with E-state index < -0.39 is 6.10 Å². The van der Waals surface area contributed by atoms with Gasteiger partial charge in [0, 0.05) is 22.6 Å². The molecule has 3 rings (SSSR count). The number of oxime groups is 1. The van der Waals surface area contributed by atoms with Crippen molar-refractivity contribution < 1.29 is 14.0 Å². The highest BCUT2D eigenvalue weighted by Gasteiger charge is 2.29. The van der Waals surface area contributed by atoms with Gasteiger partial charge in [0.15, 0.2) is 0 Å². The van der Waals surface area contributed by atoms with Gasteiger partial charge in [-0.1, -0.05) is 23.4 Å². The molecule has 2 aromatic carbocycles. The van der Waals surface area contributed by atoms with Gasteiger partial charge in [-0.05, 0) is 36.6 Å². The van der Waals surface area contributed by atoms with Crippen molar-refractivity contribution in [2.24, 2.45) is 5.16 Å². The zero-order valence-corrected chi connectivity index (χ0v) is 13.3. The van der Waals surface area contributed by atoms with E-state index in [2.05, 4.69) is 10.5 Å². The molecule has 0 fully saturated rings. The van der Waals surface area contributed by atoms with Gasteiger partial charge in [0.2, 0.25) is 6.10 Å². The first-order valence-electron chi connectivity index (χ1n) is 7.09. The summed E-state index contributed by atoms with van der Waals surface area (Å²) in [5, 5.41) is 6.73. The zero-order valence-electron chi connectivity index (χ0n) is 12.5. The van der Waals surface area contributed by atoms with E-state index in [1.54, 1.807) is 23.9 Å². The number of anilines is 1. The minimum absolute atomic E-state index is 0.265. The summed E-state index contributed by atoms with van der Waals surface area (Å²) in [6, 6.07) is 13.7. The molecule has 0 spiro atoms. The van der Waals surface area contributed by atoms with Crippen LogP contribution in [0.2, 0.25) is 0 Å². The van der Waals surface area contributed by atoms with Crippen LogP contribution in [0.25, 0.3) is 0 Å². The van der Waals surface area contributed by atoms with Crippen molar-refractivity contribution in [3.05, 3.63) is 59.9 Å². The molecule has 0 aliphatic carbocycles. The van der Waals surface area contributed by atoms with Crippen LogP contribution in [-0.4, -0.2) is 24.0 Å². The summed E-state index contributed by atoms with van der Waals surface area (Å²) in [5.41, 5.74) is 1.91. The SMILES string of the molecule is CSc1cccc(NC(=O)C2CC(c3cccc(F)c3)=NO2)c1. The van der Waals surface area contributed by atoms with Gasteiger partial charge in [-0.15, -0.1) is 11.8 Å². The van der Waals surface area contributed by atoms with Crippen molar-refractivity contribution in [2.45, 2.75) is 17.4 Å². The molecule has 0 saturated carbocycles. The molecule has 0 aromatic heterocycles. The Balaban J connectivity index is 1.64. The minimum Gasteiger partial charge on any atom is -0.382 e. The van der Waals surface area contributed by atoms with E-state index in [0.29, 0.717) is 23.4 Å². The summed E-state index contributed by atoms with van der Waals surface area (Å²) < 4.78 is 13.3. The predicted octanol–water partition coefficient (Wildman–Crippen LogP) is 3.68. The highest BCUT2D eigenvalue weighted by Crippen LogP contribution is 2.21. The van der Waals surface area contributed by atoms with E-state index in [-0.39, 0.29) is 11.7 Å². The normalized spacial score (nSPS) is 16.6. The number of nitrogens with one attached hydrogen (secondary N) is 1. The van der Waals surface area contributed by atoms with Crippen LogP contribution in [0, 0.1) is 5.82 Å². The molecule has 1 atom stereocenters. The maximum Gasteiger partial charge on any atom is 0.268 e. The summed E-state index contributed by atoms with van der Waals surface area (Å²) in [4.78, 5) is 18.5. The van der Waals surface area contributed by atoms with Crippen LogP contribution in [0.5, 0.6) is 0 Å². The summed E-state index contributed by atoms with van der Waals surface area (Å²) >= 11 is 1.60. The first-order valence-corrected chi connectivity index (χ1v) is 8.32. The lowest BCUT2D eigenvalue weighted by Gasteiger charge is -2.10. The lowest BCUT2D eigenvalue weighted by Crippen LogP contribution is -2.28. The number of carbonyl (C=O) groups excluding carboxylic acids is 1. The maximum absolute atomic E-state index is 13.3. The fourth-order valence-corrected chi connectivity index (χ4v) is 2.74. The summed E-state index contributed by atoms with van der Waals surface area (Å²) in [5.74, 6) is -0.606. The van der Waals surface area contributed by atoms with Crippen LogP contribution in [0.15, 0.2) is 58.6 Å². The number of carbonyl (C=O) groups is 1. The van der Waals surface area contributed by atoms with E-state index >= 15 is 0 Å². The Morgan fingerprint density at radius 3 is 2.91 bits per heavy atom. The molecule has 23 heavy (non-hydrogen) atoms. The summed E-state index contributed by atoms with van der Waals surface area (Å²) in [6.07, 6.45) is 1.59. The fourth-order valence-electron chi connectivity index (χ4n) is 2.28. The third-order valence-electron chi connectivity index (χ3n) is 3.46. The number of hydrogen-bond acceptors (Lipinski definition) is 4. The topological polar surface area (TPSA) is 50.7 Å². The Kier molecular flexibility index (Phi) is 4.62. The average molecular weight is 330 g/mol. The van der Waals surface area contributed by atoms with E-state index in [1.165, 1.54) is 12.1 Å². The van der Waals surface area contributed by atoms with Crippen LogP contribution in [0.3, 0.4) is 0 Å². The molecule has 6 heteroatoms. The van der Waals surface area contributed by atoms with Crippen LogP contribution >= 0.6 is 11.8 Å². The van der Waals surface area contributed by atoms with E-state index in [9.17, 15) is 9.18 Å². The quantitative estimate of drug-likeness (QED) is 0.870. The Labute approximate surface area is 137 Å². The standard InChI is InChI=1S/C17H15FN2O2S/c1-23-14-7-3-6-13(9-14)19-17(21)16-10-15(20-22-16)11-4-2-5-12(18)8-11/h2-9,16H,10H2,1H3,(H,19,21). The van der Waals surface area contributed by atoms with Gasteiger partial charge in [0.1, 0.15) is 5.82 Å². The molecule has 118 valence electrons. The van der Waals surface area contributed by atoms with Crippen molar-refractivity contribution in [3.8, 4) is 0 Å². The predicted molar refractivity (Wildman–Crippen MR) is 89.3 cm³/mol. The van der Waals surface area contributed by atoms with Gasteiger partial charge < -0.3 is 10.2 Å². The molecule has 0 bridgehead atoms. The number of nitrogens with zero attached hydrogens (tertiary/aromatic N) is 1. The molecular formula is C17H15FN2O2S. The molecular weight excluding hydrogens is 315 g/mol. The van der Waals surface area contributed by atoms with E-state index in [0.717, 1.165) is 4.90 Å². The van der Waals surface area contributed by atoms with Crippen LogP contribution in [0.4, 0.5) is 10.1 Å². The lowest BCUT2D eigenvalue weighted by atomic mass is 10.0. The highest BCUT2D eigenvalue weighted by molar-refractivity contribution is 7.98.